The highest BCUT2D eigenvalue weighted by Crippen LogP contribution is 2.28. The molecule has 0 amide bonds. The summed E-state index contributed by atoms with van der Waals surface area (Å²) in [6.07, 6.45) is 0.849. The van der Waals surface area contributed by atoms with Crippen LogP contribution in [-0.4, -0.2) is 37.1 Å². The highest BCUT2D eigenvalue weighted by atomic mass is 16.6. The Morgan fingerprint density at radius 3 is 2.42 bits per heavy atom. The molecule has 0 saturated heterocycles. The van der Waals surface area contributed by atoms with Gasteiger partial charge in [-0.2, -0.15) is 0 Å². The van der Waals surface area contributed by atoms with Gasteiger partial charge in [0.05, 0.1) is 19.1 Å². The standard InChI is InChI=1S/C19H25N3O4/c1-25-17-6-3-5-15(11-17)13-21(10-4-9-20)14-16-7-8-19(26-2)18(12-16)22(23)24/h3,5-8,11-12H,4,9-10,13-14,20H2,1-2H3. The molecule has 2 rings (SSSR count). The Balaban J connectivity index is 2.19. The largest absolute Gasteiger partial charge is 0.497 e. The molecule has 0 unspecified atom stereocenters. The number of nitrogens with two attached hydrogens (primary N) is 1. The Bertz CT molecular complexity index is 736. The zero-order chi connectivity index (χ0) is 18.9. The second-order valence-electron chi connectivity index (χ2n) is 5.97. The third-order valence-corrected chi connectivity index (χ3v) is 4.06. The molecule has 7 heteroatoms. The van der Waals surface area contributed by atoms with Gasteiger partial charge in [-0.15, -0.1) is 0 Å². The lowest BCUT2D eigenvalue weighted by molar-refractivity contribution is -0.385. The fourth-order valence-electron chi connectivity index (χ4n) is 2.79. The zero-order valence-corrected chi connectivity index (χ0v) is 15.2. The number of nitrogens with zero attached hydrogens (tertiary/aromatic N) is 2. The van der Waals surface area contributed by atoms with Crippen molar-refractivity contribution in [1.82, 2.24) is 4.90 Å². The van der Waals surface area contributed by atoms with Crippen LogP contribution < -0.4 is 15.2 Å². The van der Waals surface area contributed by atoms with E-state index in [4.69, 9.17) is 15.2 Å². The molecule has 140 valence electrons. The van der Waals surface area contributed by atoms with Crippen molar-refractivity contribution in [3.05, 3.63) is 63.7 Å². The Morgan fingerprint density at radius 2 is 1.81 bits per heavy atom. The van der Waals surface area contributed by atoms with Crippen LogP contribution in [0.3, 0.4) is 0 Å². The summed E-state index contributed by atoms with van der Waals surface area (Å²) in [5.74, 6) is 1.07. The fraction of sp³-hybridized carbons (Fsp3) is 0.368. The van der Waals surface area contributed by atoms with Crippen molar-refractivity contribution < 1.29 is 14.4 Å². The Labute approximate surface area is 153 Å². The SMILES string of the molecule is COc1cccc(CN(CCCN)Cc2ccc(OC)c([N+](=O)[O-])c2)c1. The molecule has 0 atom stereocenters. The van der Waals surface area contributed by atoms with Crippen LogP contribution in [0.15, 0.2) is 42.5 Å². The third kappa shape index (κ3) is 5.44. The molecule has 0 aliphatic rings. The number of methoxy groups -OCH3 is 2. The van der Waals surface area contributed by atoms with Gasteiger partial charge in [0, 0.05) is 25.7 Å². The maximum Gasteiger partial charge on any atom is 0.311 e. The van der Waals surface area contributed by atoms with Gasteiger partial charge in [-0.3, -0.25) is 15.0 Å². The van der Waals surface area contributed by atoms with Crippen molar-refractivity contribution >= 4 is 5.69 Å². The first-order valence-electron chi connectivity index (χ1n) is 8.44. The van der Waals surface area contributed by atoms with E-state index in [-0.39, 0.29) is 11.4 Å². The monoisotopic (exact) mass is 359 g/mol. The van der Waals surface area contributed by atoms with E-state index in [1.807, 2.05) is 30.3 Å². The highest BCUT2D eigenvalue weighted by molar-refractivity contribution is 5.48. The molecule has 0 heterocycles. The van der Waals surface area contributed by atoms with E-state index in [0.29, 0.717) is 19.6 Å². The topological polar surface area (TPSA) is 90.9 Å². The van der Waals surface area contributed by atoms with Crippen molar-refractivity contribution in [2.45, 2.75) is 19.5 Å². The van der Waals surface area contributed by atoms with E-state index in [9.17, 15) is 10.1 Å². The van der Waals surface area contributed by atoms with Gasteiger partial charge in [0.15, 0.2) is 5.75 Å². The van der Waals surface area contributed by atoms with Gasteiger partial charge in [-0.1, -0.05) is 18.2 Å². The molecule has 0 radical (unpaired) electrons. The summed E-state index contributed by atoms with van der Waals surface area (Å²) in [6, 6.07) is 12.9. The summed E-state index contributed by atoms with van der Waals surface area (Å²) in [6.45, 7) is 2.68. The quantitative estimate of drug-likeness (QED) is 0.518. The zero-order valence-electron chi connectivity index (χ0n) is 15.2. The van der Waals surface area contributed by atoms with E-state index in [1.165, 1.54) is 7.11 Å². The maximum absolute atomic E-state index is 11.2. The van der Waals surface area contributed by atoms with E-state index in [2.05, 4.69) is 4.90 Å². The van der Waals surface area contributed by atoms with E-state index in [1.54, 1.807) is 19.2 Å². The second-order valence-corrected chi connectivity index (χ2v) is 5.97. The normalized spacial score (nSPS) is 10.8. The number of rotatable bonds is 10. The minimum Gasteiger partial charge on any atom is -0.497 e. The summed E-state index contributed by atoms with van der Waals surface area (Å²) in [5.41, 5.74) is 7.61. The number of nitro benzene ring substituents is 1. The first-order valence-corrected chi connectivity index (χ1v) is 8.44. The van der Waals surface area contributed by atoms with Crippen LogP contribution in [0.1, 0.15) is 17.5 Å². The van der Waals surface area contributed by atoms with E-state index >= 15 is 0 Å². The van der Waals surface area contributed by atoms with Gasteiger partial charge >= 0.3 is 5.69 Å². The molecule has 0 spiro atoms. The molecular weight excluding hydrogens is 334 g/mol. The van der Waals surface area contributed by atoms with Crippen molar-refractivity contribution in [3.63, 3.8) is 0 Å². The number of benzene rings is 2. The minimum atomic E-state index is -0.422. The first kappa shape index (κ1) is 19.7. The number of ether oxygens (including phenoxy) is 2. The van der Waals surface area contributed by atoms with Crippen LogP contribution in [0.2, 0.25) is 0 Å². The van der Waals surface area contributed by atoms with Crippen molar-refractivity contribution in [3.8, 4) is 11.5 Å². The minimum absolute atomic E-state index is 0.0230. The molecule has 7 nitrogen and oxygen atoms in total. The average Bonchev–Trinajstić information content (AvgIpc) is 2.66. The Hall–Kier alpha value is -2.64. The lowest BCUT2D eigenvalue weighted by Gasteiger charge is -2.22. The van der Waals surface area contributed by atoms with Gasteiger partial charge < -0.3 is 15.2 Å². The summed E-state index contributed by atoms with van der Waals surface area (Å²) >= 11 is 0. The van der Waals surface area contributed by atoms with Crippen LogP contribution in [0.5, 0.6) is 11.5 Å². The van der Waals surface area contributed by atoms with Gasteiger partial charge in [0.2, 0.25) is 0 Å². The molecule has 2 N–H and O–H groups in total. The van der Waals surface area contributed by atoms with Gasteiger partial charge in [-0.05, 0) is 42.3 Å². The summed E-state index contributed by atoms with van der Waals surface area (Å²) in [5, 5.41) is 11.2. The summed E-state index contributed by atoms with van der Waals surface area (Å²) in [7, 11) is 3.07. The Kier molecular flexibility index (Phi) is 7.37. The molecule has 0 fully saturated rings. The van der Waals surface area contributed by atoms with Crippen LogP contribution in [0, 0.1) is 10.1 Å². The average molecular weight is 359 g/mol. The molecule has 2 aromatic rings. The molecule has 0 saturated carbocycles. The van der Waals surface area contributed by atoms with Gasteiger partial charge in [-0.25, -0.2) is 0 Å². The number of hydrogen-bond donors (Lipinski definition) is 1. The molecule has 0 bridgehead atoms. The predicted octanol–water partition coefficient (Wildman–Crippen LogP) is 2.96. The van der Waals surface area contributed by atoms with Crippen molar-refractivity contribution in [2.24, 2.45) is 5.73 Å². The smallest absolute Gasteiger partial charge is 0.311 e. The molecule has 0 aliphatic heterocycles. The maximum atomic E-state index is 11.2. The summed E-state index contributed by atoms with van der Waals surface area (Å²) < 4.78 is 10.3. The number of nitro groups is 1. The Morgan fingerprint density at radius 1 is 1.08 bits per heavy atom. The van der Waals surface area contributed by atoms with Crippen LogP contribution in [0.4, 0.5) is 5.69 Å². The van der Waals surface area contributed by atoms with Crippen molar-refractivity contribution in [2.75, 3.05) is 27.3 Å². The number of hydrogen-bond acceptors (Lipinski definition) is 6. The van der Waals surface area contributed by atoms with E-state index in [0.717, 1.165) is 29.8 Å². The lowest BCUT2D eigenvalue weighted by atomic mass is 10.1. The third-order valence-electron chi connectivity index (χ3n) is 4.06. The molecule has 2 aromatic carbocycles. The van der Waals surface area contributed by atoms with Crippen LogP contribution in [0.25, 0.3) is 0 Å². The second kappa shape index (κ2) is 9.74. The summed E-state index contributed by atoms with van der Waals surface area (Å²) in [4.78, 5) is 13.0. The highest BCUT2D eigenvalue weighted by Gasteiger charge is 2.16. The first-order chi connectivity index (χ1) is 12.6. The molecular formula is C19H25N3O4. The predicted molar refractivity (Wildman–Crippen MR) is 100 cm³/mol. The van der Waals surface area contributed by atoms with Crippen LogP contribution in [-0.2, 0) is 13.1 Å². The van der Waals surface area contributed by atoms with Gasteiger partial charge in [0.25, 0.3) is 0 Å². The molecule has 26 heavy (non-hydrogen) atoms. The lowest BCUT2D eigenvalue weighted by Crippen LogP contribution is -2.25. The van der Waals surface area contributed by atoms with Crippen LogP contribution >= 0.6 is 0 Å². The van der Waals surface area contributed by atoms with Gasteiger partial charge in [0.1, 0.15) is 5.75 Å². The fourth-order valence-corrected chi connectivity index (χ4v) is 2.79. The van der Waals surface area contributed by atoms with E-state index < -0.39 is 4.92 Å². The molecule has 0 aromatic heterocycles. The molecule has 0 aliphatic carbocycles. The van der Waals surface area contributed by atoms with Crippen molar-refractivity contribution in [1.29, 1.82) is 0 Å².